The molecule has 0 saturated heterocycles. The van der Waals surface area contributed by atoms with Gasteiger partial charge < -0.3 is 4.74 Å². The van der Waals surface area contributed by atoms with Crippen LogP contribution in [0, 0.1) is 0 Å². The Bertz CT molecular complexity index is 362. The highest BCUT2D eigenvalue weighted by atomic mass is 16.5. The lowest BCUT2D eigenvalue weighted by molar-refractivity contribution is 0.373. The van der Waals surface area contributed by atoms with Crippen molar-refractivity contribution in [3.63, 3.8) is 0 Å². The zero-order chi connectivity index (χ0) is 14.3. The molecule has 0 spiro atoms. The number of hydrazine groups is 1. The van der Waals surface area contributed by atoms with Gasteiger partial charge in [0.05, 0.1) is 25.0 Å². The molecule has 0 saturated carbocycles. The van der Waals surface area contributed by atoms with E-state index >= 15 is 0 Å². The molecule has 3 N–H and O–H groups in total. The zero-order valence-corrected chi connectivity index (χ0v) is 12.6. The first-order chi connectivity index (χ1) is 9.15. The third kappa shape index (κ3) is 4.21. The molecule has 5 nitrogen and oxygen atoms in total. The Labute approximate surface area is 116 Å². The van der Waals surface area contributed by atoms with Crippen LogP contribution in [0.4, 0.5) is 0 Å². The zero-order valence-electron chi connectivity index (χ0n) is 12.6. The fraction of sp³-hybridized carbons (Fsp3) is 0.786. The van der Waals surface area contributed by atoms with Crippen molar-refractivity contribution >= 4 is 0 Å². The van der Waals surface area contributed by atoms with E-state index in [1.807, 2.05) is 4.68 Å². The van der Waals surface area contributed by atoms with Crippen LogP contribution in [-0.4, -0.2) is 16.9 Å². The summed E-state index contributed by atoms with van der Waals surface area (Å²) in [6.07, 6.45) is 7.70. The predicted molar refractivity (Wildman–Crippen MR) is 78.0 cm³/mol. The third-order valence-corrected chi connectivity index (χ3v) is 3.39. The average Bonchev–Trinajstić information content (AvgIpc) is 2.83. The fourth-order valence-electron chi connectivity index (χ4n) is 2.33. The minimum Gasteiger partial charge on any atom is -0.493 e. The smallest absolute Gasteiger partial charge is 0.161 e. The second kappa shape index (κ2) is 8.17. The van der Waals surface area contributed by atoms with Gasteiger partial charge in [-0.1, -0.05) is 32.6 Å². The molecule has 19 heavy (non-hydrogen) atoms. The highest BCUT2D eigenvalue weighted by Crippen LogP contribution is 2.30. The number of ether oxygens (including phenoxy) is 1. The van der Waals surface area contributed by atoms with Gasteiger partial charge in [-0.05, 0) is 20.3 Å². The van der Waals surface area contributed by atoms with Gasteiger partial charge in [-0.2, -0.15) is 5.10 Å². The maximum atomic E-state index is 5.72. The van der Waals surface area contributed by atoms with E-state index in [-0.39, 0.29) is 6.04 Å². The second-order valence-electron chi connectivity index (χ2n) is 5.21. The summed E-state index contributed by atoms with van der Waals surface area (Å²) in [5.74, 6) is 6.54. The van der Waals surface area contributed by atoms with Crippen molar-refractivity contribution in [3.8, 4) is 5.75 Å². The fourth-order valence-corrected chi connectivity index (χ4v) is 2.33. The van der Waals surface area contributed by atoms with Gasteiger partial charge in [0.1, 0.15) is 0 Å². The summed E-state index contributed by atoms with van der Waals surface area (Å²) >= 11 is 0. The summed E-state index contributed by atoms with van der Waals surface area (Å²) in [6.45, 7) is 6.44. The monoisotopic (exact) mass is 268 g/mol. The predicted octanol–water partition coefficient (Wildman–Crippen LogP) is 2.95. The molecular weight excluding hydrogens is 240 g/mol. The van der Waals surface area contributed by atoms with Crippen LogP contribution in [0.15, 0.2) is 6.20 Å². The topological polar surface area (TPSA) is 65.1 Å². The Balaban J connectivity index is 2.80. The largest absolute Gasteiger partial charge is 0.493 e. The highest BCUT2D eigenvalue weighted by molar-refractivity contribution is 5.28. The molecule has 0 amide bonds. The molecule has 1 aromatic heterocycles. The molecule has 1 atom stereocenters. The van der Waals surface area contributed by atoms with Crippen molar-refractivity contribution < 1.29 is 4.74 Å². The number of nitrogens with two attached hydrogens (primary N) is 1. The number of unbranched alkanes of at least 4 members (excludes halogenated alkanes) is 3. The molecule has 1 heterocycles. The molecule has 1 unspecified atom stereocenters. The number of nitrogens with zero attached hydrogens (tertiary/aromatic N) is 2. The number of rotatable bonds is 9. The molecule has 0 aliphatic heterocycles. The Morgan fingerprint density at radius 1 is 1.37 bits per heavy atom. The van der Waals surface area contributed by atoms with E-state index in [1.165, 1.54) is 19.3 Å². The van der Waals surface area contributed by atoms with E-state index < -0.39 is 0 Å². The van der Waals surface area contributed by atoms with E-state index in [9.17, 15) is 0 Å². The molecule has 1 aromatic rings. The number of aromatic nitrogens is 2. The van der Waals surface area contributed by atoms with Gasteiger partial charge in [0.15, 0.2) is 5.75 Å². The Kier molecular flexibility index (Phi) is 6.87. The lowest BCUT2D eigenvalue weighted by Crippen LogP contribution is -2.30. The summed E-state index contributed by atoms with van der Waals surface area (Å²) in [7, 11) is 1.68. The Morgan fingerprint density at radius 3 is 2.63 bits per heavy atom. The van der Waals surface area contributed by atoms with Crippen molar-refractivity contribution in [2.75, 3.05) is 7.11 Å². The summed E-state index contributed by atoms with van der Waals surface area (Å²) in [5.41, 5.74) is 3.96. The quantitative estimate of drug-likeness (QED) is 0.410. The van der Waals surface area contributed by atoms with E-state index in [1.54, 1.807) is 13.3 Å². The lowest BCUT2D eigenvalue weighted by Gasteiger charge is -2.20. The molecular formula is C14H28N4O. The van der Waals surface area contributed by atoms with Crippen LogP contribution in [0.25, 0.3) is 0 Å². The number of nitrogens with one attached hydrogen (secondary N) is 1. The molecule has 0 bridgehead atoms. The summed E-state index contributed by atoms with van der Waals surface area (Å²) in [5, 5.41) is 4.40. The van der Waals surface area contributed by atoms with E-state index in [0.717, 1.165) is 24.3 Å². The summed E-state index contributed by atoms with van der Waals surface area (Å²) < 4.78 is 7.40. The first-order valence-corrected chi connectivity index (χ1v) is 7.23. The van der Waals surface area contributed by atoms with E-state index in [4.69, 9.17) is 10.6 Å². The number of hydrogen-bond donors (Lipinski definition) is 2. The molecule has 5 heteroatoms. The molecule has 0 aromatic carbocycles. The number of methoxy groups -OCH3 is 1. The molecule has 0 radical (unpaired) electrons. The highest BCUT2D eigenvalue weighted by Gasteiger charge is 2.21. The van der Waals surface area contributed by atoms with Gasteiger partial charge in [0, 0.05) is 6.04 Å². The van der Waals surface area contributed by atoms with Crippen molar-refractivity contribution in [3.05, 3.63) is 11.9 Å². The molecule has 0 aliphatic rings. The van der Waals surface area contributed by atoms with Gasteiger partial charge >= 0.3 is 0 Å². The van der Waals surface area contributed by atoms with Crippen molar-refractivity contribution in [1.29, 1.82) is 0 Å². The SMILES string of the molecule is CCCCCCC(NN)c1c(OC)cnn1C(C)C. The maximum absolute atomic E-state index is 5.72. The van der Waals surface area contributed by atoms with Crippen molar-refractivity contribution in [2.45, 2.75) is 65.0 Å². The first kappa shape index (κ1) is 16.0. The molecule has 1 rings (SSSR count). The summed E-state index contributed by atoms with van der Waals surface area (Å²) in [4.78, 5) is 0. The van der Waals surface area contributed by atoms with Crippen LogP contribution < -0.4 is 16.0 Å². The minimum atomic E-state index is 0.0942. The molecule has 110 valence electrons. The normalized spacial score (nSPS) is 12.9. The lowest BCUT2D eigenvalue weighted by atomic mass is 10.0. The van der Waals surface area contributed by atoms with Crippen LogP contribution in [0.5, 0.6) is 5.75 Å². The third-order valence-electron chi connectivity index (χ3n) is 3.39. The van der Waals surface area contributed by atoms with E-state index in [0.29, 0.717) is 6.04 Å². The van der Waals surface area contributed by atoms with Crippen molar-refractivity contribution in [1.82, 2.24) is 15.2 Å². The Morgan fingerprint density at radius 2 is 2.11 bits per heavy atom. The van der Waals surface area contributed by atoms with E-state index in [2.05, 4.69) is 31.3 Å². The summed E-state index contributed by atoms with van der Waals surface area (Å²) in [6, 6.07) is 0.391. The van der Waals surface area contributed by atoms with Gasteiger partial charge in [0.2, 0.25) is 0 Å². The maximum Gasteiger partial charge on any atom is 0.161 e. The molecule has 0 aliphatic carbocycles. The Hall–Kier alpha value is -1.07. The standard InChI is InChI=1S/C14H28N4O/c1-5-6-7-8-9-12(17-15)14-13(19-4)10-16-18(14)11(2)3/h10-12,17H,5-9,15H2,1-4H3. The first-order valence-electron chi connectivity index (χ1n) is 7.23. The van der Waals surface area contributed by atoms with Crippen LogP contribution in [0.3, 0.4) is 0 Å². The van der Waals surface area contributed by atoms with Gasteiger partial charge in [-0.25, -0.2) is 0 Å². The van der Waals surface area contributed by atoms with Crippen LogP contribution in [0.1, 0.15) is 70.7 Å². The van der Waals surface area contributed by atoms with Crippen LogP contribution in [0.2, 0.25) is 0 Å². The van der Waals surface area contributed by atoms with Crippen LogP contribution in [-0.2, 0) is 0 Å². The minimum absolute atomic E-state index is 0.0942. The molecule has 0 fully saturated rings. The van der Waals surface area contributed by atoms with Crippen molar-refractivity contribution in [2.24, 2.45) is 5.84 Å². The second-order valence-corrected chi connectivity index (χ2v) is 5.21. The van der Waals surface area contributed by atoms with Gasteiger partial charge in [0.25, 0.3) is 0 Å². The average molecular weight is 268 g/mol. The number of hydrogen-bond acceptors (Lipinski definition) is 4. The van der Waals surface area contributed by atoms with Gasteiger partial charge in [-0.3, -0.25) is 16.0 Å². The van der Waals surface area contributed by atoms with Gasteiger partial charge in [-0.15, -0.1) is 0 Å². The van der Waals surface area contributed by atoms with Crippen LogP contribution >= 0.6 is 0 Å².